The Kier molecular flexibility index (Phi) is 3.57. The van der Waals surface area contributed by atoms with Crippen LogP contribution in [0.2, 0.25) is 0 Å². The minimum Gasteiger partial charge on any atom is -0.481 e. The number of carboxylic acids is 1. The molecule has 1 aromatic carbocycles. The lowest BCUT2D eigenvalue weighted by Crippen LogP contribution is -1.99. The fourth-order valence-corrected chi connectivity index (χ4v) is 2.64. The van der Waals surface area contributed by atoms with Crippen LogP contribution in [-0.4, -0.2) is 21.0 Å². The van der Waals surface area contributed by atoms with Crippen LogP contribution in [0.4, 0.5) is 5.69 Å². The van der Waals surface area contributed by atoms with Crippen LogP contribution in [0.5, 0.6) is 0 Å². The molecule has 1 heterocycles. The number of hydrogen-bond donors (Lipinski definition) is 2. The molecule has 0 bridgehead atoms. The van der Waals surface area contributed by atoms with Crippen LogP contribution >= 0.6 is 15.9 Å². The molecule has 0 aliphatic carbocycles. The highest BCUT2D eigenvalue weighted by molar-refractivity contribution is 9.10. The third-order valence-electron chi connectivity index (χ3n) is 2.98. The fraction of sp³-hybridized carbons (Fsp3) is 0.250. The number of nitrogens with one attached hydrogen (secondary N) is 1. The van der Waals surface area contributed by atoms with E-state index in [1.807, 2.05) is 0 Å². The molecular formula is C12H11BrN2O4. The summed E-state index contributed by atoms with van der Waals surface area (Å²) in [5, 5.41) is 20.4. The number of carboxylic acid groups (broad SMARTS) is 1. The number of benzene rings is 1. The van der Waals surface area contributed by atoms with Crippen molar-refractivity contribution in [3.05, 3.63) is 38.0 Å². The van der Waals surface area contributed by atoms with Gasteiger partial charge in [0.15, 0.2) is 0 Å². The van der Waals surface area contributed by atoms with Gasteiger partial charge in [0, 0.05) is 12.1 Å². The molecular weight excluding hydrogens is 316 g/mol. The molecule has 0 aliphatic rings. The van der Waals surface area contributed by atoms with Gasteiger partial charge in [-0.25, -0.2) is 0 Å². The maximum atomic E-state index is 11.2. The SMILES string of the molecule is Cc1[nH]c2ccc(Br)c([N+](=O)[O-])c2c1CCC(=O)O. The van der Waals surface area contributed by atoms with E-state index in [4.69, 9.17) is 5.11 Å². The average Bonchev–Trinajstić information content (AvgIpc) is 2.61. The number of nitro groups is 1. The number of aliphatic carboxylic acids is 1. The van der Waals surface area contributed by atoms with Crippen LogP contribution in [0.15, 0.2) is 16.6 Å². The Hall–Kier alpha value is -1.89. The van der Waals surface area contributed by atoms with E-state index in [0.29, 0.717) is 20.9 Å². The summed E-state index contributed by atoms with van der Waals surface area (Å²) in [6.07, 6.45) is 0.204. The highest BCUT2D eigenvalue weighted by Gasteiger charge is 2.22. The number of fused-ring (bicyclic) bond motifs is 1. The minimum atomic E-state index is -0.925. The smallest absolute Gasteiger partial charge is 0.303 e. The number of carbonyl (C=O) groups is 1. The van der Waals surface area contributed by atoms with Crippen LogP contribution in [0.25, 0.3) is 10.9 Å². The van der Waals surface area contributed by atoms with Gasteiger partial charge in [0.05, 0.1) is 20.3 Å². The van der Waals surface area contributed by atoms with E-state index in [0.717, 1.165) is 5.69 Å². The summed E-state index contributed by atoms with van der Waals surface area (Å²) in [4.78, 5) is 24.5. The molecule has 0 fully saturated rings. The van der Waals surface area contributed by atoms with Crippen LogP contribution < -0.4 is 0 Å². The predicted octanol–water partition coefficient (Wildman–Crippen LogP) is 3.16. The number of aromatic nitrogens is 1. The van der Waals surface area contributed by atoms with Crippen molar-refractivity contribution in [3.8, 4) is 0 Å². The van der Waals surface area contributed by atoms with Crippen molar-refractivity contribution in [2.24, 2.45) is 0 Å². The van der Waals surface area contributed by atoms with E-state index in [1.54, 1.807) is 19.1 Å². The highest BCUT2D eigenvalue weighted by atomic mass is 79.9. The van der Waals surface area contributed by atoms with Crippen molar-refractivity contribution in [1.82, 2.24) is 4.98 Å². The zero-order valence-corrected chi connectivity index (χ0v) is 11.7. The van der Waals surface area contributed by atoms with Crippen LogP contribution in [-0.2, 0) is 11.2 Å². The van der Waals surface area contributed by atoms with Crippen molar-refractivity contribution in [3.63, 3.8) is 0 Å². The molecule has 0 atom stereocenters. The van der Waals surface area contributed by atoms with Crippen molar-refractivity contribution >= 4 is 38.5 Å². The Morgan fingerprint density at radius 3 is 2.79 bits per heavy atom. The van der Waals surface area contributed by atoms with Gasteiger partial charge in [-0.15, -0.1) is 0 Å². The monoisotopic (exact) mass is 326 g/mol. The third-order valence-corrected chi connectivity index (χ3v) is 3.62. The van der Waals surface area contributed by atoms with E-state index >= 15 is 0 Å². The van der Waals surface area contributed by atoms with Gasteiger partial charge >= 0.3 is 5.97 Å². The van der Waals surface area contributed by atoms with E-state index in [9.17, 15) is 14.9 Å². The third kappa shape index (κ3) is 2.46. The summed E-state index contributed by atoms with van der Waals surface area (Å²) in [6.45, 7) is 1.79. The molecule has 2 rings (SSSR count). The van der Waals surface area contributed by atoms with Gasteiger partial charge in [-0.1, -0.05) is 0 Å². The van der Waals surface area contributed by atoms with Gasteiger partial charge in [0.25, 0.3) is 5.69 Å². The first-order valence-electron chi connectivity index (χ1n) is 5.57. The quantitative estimate of drug-likeness (QED) is 0.666. The van der Waals surface area contributed by atoms with Gasteiger partial charge in [-0.05, 0) is 47.0 Å². The van der Waals surface area contributed by atoms with Crippen molar-refractivity contribution < 1.29 is 14.8 Å². The Morgan fingerprint density at radius 2 is 2.21 bits per heavy atom. The minimum absolute atomic E-state index is 0.0257. The lowest BCUT2D eigenvalue weighted by atomic mass is 10.0. The largest absolute Gasteiger partial charge is 0.481 e. The summed E-state index contributed by atoms with van der Waals surface area (Å²) in [5.41, 5.74) is 2.07. The number of H-pyrrole nitrogens is 1. The molecule has 0 aliphatic heterocycles. The summed E-state index contributed by atoms with van der Waals surface area (Å²) >= 11 is 3.17. The lowest BCUT2D eigenvalue weighted by Gasteiger charge is -2.01. The number of aryl methyl sites for hydroxylation is 2. The second-order valence-corrected chi connectivity index (χ2v) is 5.05. The molecule has 2 aromatic rings. The zero-order chi connectivity index (χ0) is 14.2. The maximum Gasteiger partial charge on any atom is 0.303 e. The first-order valence-corrected chi connectivity index (χ1v) is 6.37. The number of nitrogens with zero attached hydrogens (tertiary/aromatic N) is 1. The van der Waals surface area contributed by atoms with Gasteiger partial charge in [-0.2, -0.15) is 0 Å². The molecule has 1 aromatic heterocycles. The Balaban J connectivity index is 2.68. The van der Waals surface area contributed by atoms with Crippen molar-refractivity contribution in [1.29, 1.82) is 0 Å². The Morgan fingerprint density at radius 1 is 1.53 bits per heavy atom. The normalized spacial score (nSPS) is 10.8. The molecule has 2 N–H and O–H groups in total. The van der Waals surface area contributed by atoms with Crippen LogP contribution in [0.3, 0.4) is 0 Å². The van der Waals surface area contributed by atoms with Crippen LogP contribution in [0.1, 0.15) is 17.7 Å². The van der Waals surface area contributed by atoms with E-state index < -0.39 is 10.9 Å². The number of rotatable bonds is 4. The Bertz CT molecular complexity index is 678. The number of aromatic amines is 1. The molecule has 7 heteroatoms. The predicted molar refractivity (Wildman–Crippen MR) is 73.3 cm³/mol. The summed E-state index contributed by atoms with van der Waals surface area (Å²) in [5.74, 6) is -0.925. The summed E-state index contributed by atoms with van der Waals surface area (Å²) < 4.78 is 0.389. The zero-order valence-electron chi connectivity index (χ0n) is 10.1. The van der Waals surface area contributed by atoms with Crippen LogP contribution in [0, 0.1) is 17.0 Å². The van der Waals surface area contributed by atoms with Gasteiger partial charge in [-0.3, -0.25) is 14.9 Å². The number of halogens is 1. The second kappa shape index (κ2) is 5.00. The van der Waals surface area contributed by atoms with Crippen molar-refractivity contribution in [2.45, 2.75) is 19.8 Å². The molecule has 0 unspecified atom stereocenters. The first kappa shape index (κ1) is 13.5. The molecule has 0 spiro atoms. The summed E-state index contributed by atoms with van der Waals surface area (Å²) in [7, 11) is 0. The van der Waals surface area contributed by atoms with Crippen molar-refractivity contribution in [2.75, 3.05) is 0 Å². The standard InChI is InChI=1S/C12H11BrN2O4/c1-6-7(2-5-10(16)17)11-9(14-6)4-3-8(13)12(11)15(18)19/h3-4,14H,2,5H2,1H3,(H,16,17). The van der Waals surface area contributed by atoms with Gasteiger partial charge < -0.3 is 10.1 Å². The fourth-order valence-electron chi connectivity index (χ4n) is 2.16. The molecule has 6 nitrogen and oxygen atoms in total. The molecule has 100 valence electrons. The second-order valence-electron chi connectivity index (χ2n) is 4.20. The molecule has 0 radical (unpaired) electrons. The topological polar surface area (TPSA) is 96.2 Å². The maximum absolute atomic E-state index is 11.2. The molecule has 0 amide bonds. The number of hydrogen-bond acceptors (Lipinski definition) is 3. The first-order chi connectivity index (χ1) is 8.91. The van der Waals surface area contributed by atoms with Gasteiger partial charge in [0.2, 0.25) is 0 Å². The highest BCUT2D eigenvalue weighted by Crippen LogP contribution is 2.37. The molecule has 0 saturated carbocycles. The number of nitro benzene ring substituents is 1. The Labute approximate surface area is 116 Å². The molecule has 0 saturated heterocycles. The van der Waals surface area contributed by atoms with E-state index in [-0.39, 0.29) is 18.5 Å². The van der Waals surface area contributed by atoms with E-state index in [1.165, 1.54) is 0 Å². The molecule has 19 heavy (non-hydrogen) atoms. The average molecular weight is 327 g/mol. The van der Waals surface area contributed by atoms with E-state index in [2.05, 4.69) is 20.9 Å². The van der Waals surface area contributed by atoms with Gasteiger partial charge in [0.1, 0.15) is 0 Å². The lowest BCUT2D eigenvalue weighted by molar-refractivity contribution is -0.383. The summed E-state index contributed by atoms with van der Waals surface area (Å²) in [6, 6.07) is 3.35.